The summed E-state index contributed by atoms with van der Waals surface area (Å²) in [6, 6.07) is 6.44. The predicted octanol–water partition coefficient (Wildman–Crippen LogP) is 0.0433. The van der Waals surface area contributed by atoms with Gasteiger partial charge in [-0.05, 0) is 41.0 Å². The Labute approximate surface area is 267 Å². The topological polar surface area (TPSA) is 233 Å². The van der Waals surface area contributed by atoms with Crippen LogP contribution in [0.25, 0.3) is 0 Å². The summed E-state index contributed by atoms with van der Waals surface area (Å²) < 4.78 is 68.2. The average Bonchev–Trinajstić information content (AvgIpc) is 3.67. The minimum atomic E-state index is -5.01. The van der Waals surface area contributed by atoms with E-state index in [1.54, 1.807) is 12.1 Å². The van der Waals surface area contributed by atoms with Crippen LogP contribution in [-0.2, 0) is 33.0 Å². The quantitative estimate of drug-likeness (QED) is 0.183. The number of rotatable bonds is 8. The van der Waals surface area contributed by atoms with E-state index in [1.165, 1.54) is 26.4 Å². The number of hydrogen-bond donors (Lipinski definition) is 5. The highest BCUT2D eigenvalue weighted by molar-refractivity contribution is 7.46. The van der Waals surface area contributed by atoms with Gasteiger partial charge in [0, 0.05) is 18.4 Å². The van der Waals surface area contributed by atoms with Crippen molar-refractivity contribution in [2.45, 2.75) is 49.0 Å². The van der Waals surface area contributed by atoms with Gasteiger partial charge in [-0.25, -0.2) is 4.57 Å². The van der Waals surface area contributed by atoms with E-state index in [-0.39, 0.29) is 43.8 Å². The third-order valence-corrected chi connectivity index (χ3v) is 9.46. The molecule has 2 aromatic carbocycles. The largest absolute Gasteiger partial charge is 0.525 e. The number of esters is 1. The van der Waals surface area contributed by atoms with Crippen molar-refractivity contribution in [2.75, 3.05) is 40.8 Å². The van der Waals surface area contributed by atoms with Crippen molar-refractivity contribution in [3.8, 4) is 28.7 Å². The zero-order valence-corrected chi connectivity index (χ0v) is 26.0. The molecule has 5 aliphatic rings. The number of ether oxygens (including phenoxy) is 9. The minimum absolute atomic E-state index is 0.0388. The van der Waals surface area contributed by atoms with Gasteiger partial charge in [-0.15, -0.1) is 0 Å². The zero-order chi connectivity index (χ0) is 33.2. The number of carbonyl (C=O) groups is 1. The van der Waals surface area contributed by atoms with E-state index in [0.717, 1.165) is 0 Å². The molecule has 1 aliphatic carbocycles. The maximum atomic E-state index is 13.5. The molecular weight excluding hydrogens is 649 g/mol. The number of methoxy groups -OCH3 is 2. The third-order valence-electron chi connectivity index (χ3n) is 9.04. The Morgan fingerprint density at radius 3 is 2.26 bits per heavy atom. The molecule has 2 aromatic rings. The Bertz CT molecular complexity index is 1560. The lowest BCUT2D eigenvalue weighted by Crippen LogP contribution is -2.64. The summed E-state index contributed by atoms with van der Waals surface area (Å²) in [5.74, 6) is -2.35. The van der Waals surface area contributed by atoms with Crippen LogP contribution in [0, 0.1) is 11.8 Å². The summed E-state index contributed by atoms with van der Waals surface area (Å²) in [5.41, 5.74) is 7.27. The van der Waals surface area contributed by atoms with Crippen molar-refractivity contribution in [3.05, 3.63) is 41.0 Å². The van der Waals surface area contributed by atoms with Gasteiger partial charge in [0.15, 0.2) is 35.6 Å². The van der Waals surface area contributed by atoms with Gasteiger partial charge in [-0.3, -0.25) is 14.6 Å². The van der Waals surface area contributed by atoms with Gasteiger partial charge < -0.3 is 63.1 Å². The molecule has 4 heterocycles. The molecule has 0 saturated carbocycles. The van der Waals surface area contributed by atoms with Gasteiger partial charge in [-0.2, -0.15) is 0 Å². The van der Waals surface area contributed by atoms with E-state index in [1.807, 2.05) is 0 Å². The van der Waals surface area contributed by atoms with Crippen molar-refractivity contribution in [3.63, 3.8) is 0 Å². The standard InChI is InChI=1S/C29H34NO16P/c1-37-17-3-11(4-18(38-2)26(17)46-47(34,35)36)21-12-5-15-16(42-10-41-15)6-13(12)25(14-8-40-28(33)22(14)21)45-29-24(32)23(31)27-19(43-29)9-39-20(7-30)44-27/h3-6,14,19-25,27,29,31-32H,7-10,30H2,1-2H3,(H2,34,35,36)/t14-,19?,20?,21?,22-,23?,24?,25+,27?,29?/m0/s1. The first-order chi connectivity index (χ1) is 22.5. The molecule has 256 valence electrons. The third kappa shape index (κ3) is 5.69. The molecule has 0 spiro atoms. The number of fused-ring (bicyclic) bond motifs is 4. The van der Waals surface area contributed by atoms with Crippen molar-refractivity contribution in [2.24, 2.45) is 17.6 Å². The highest BCUT2D eigenvalue weighted by Crippen LogP contribution is 2.58. The van der Waals surface area contributed by atoms with E-state index < -0.39 is 74.6 Å². The molecule has 47 heavy (non-hydrogen) atoms. The maximum Gasteiger partial charge on any atom is 0.525 e. The average molecular weight is 684 g/mol. The molecule has 6 N–H and O–H groups in total. The monoisotopic (exact) mass is 683 g/mol. The molecule has 4 aliphatic heterocycles. The number of benzene rings is 2. The van der Waals surface area contributed by atoms with Crippen molar-refractivity contribution >= 4 is 13.8 Å². The number of phosphoric ester groups is 1. The number of hydrogen-bond acceptors (Lipinski definition) is 15. The molecule has 7 unspecified atom stereocenters. The predicted molar refractivity (Wildman–Crippen MR) is 153 cm³/mol. The van der Waals surface area contributed by atoms with E-state index in [9.17, 15) is 29.4 Å². The summed E-state index contributed by atoms with van der Waals surface area (Å²) in [6.07, 6.45) is -7.63. The van der Waals surface area contributed by atoms with Crippen LogP contribution < -0.4 is 29.2 Å². The summed E-state index contributed by atoms with van der Waals surface area (Å²) in [6.45, 7) is 0.00448. The fraction of sp³-hybridized carbons (Fsp3) is 0.552. The summed E-state index contributed by atoms with van der Waals surface area (Å²) in [5, 5.41) is 22.1. The second-order valence-corrected chi connectivity index (χ2v) is 12.8. The minimum Gasteiger partial charge on any atom is -0.493 e. The number of nitrogens with two attached hydrogens (primary N) is 1. The van der Waals surface area contributed by atoms with Gasteiger partial charge >= 0.3 is 13.8 Å². The summed E-state index contributed by atoms with van der Waals surface area (Å²) >= 11 is 0. The van der Waals surface area contributed by atoms with Crippen LogP contribution in [0.1, 0.15) is 28.7 Å². The number of cyclic esters (lactones) is 1. The lowest BCUT2D eigenvalue weighted by molar-refractivity contribution is -0.365. The Balaban J connectivity index is 1.30. The first-order valence-electron chi connectivity index (χ1n) is 14.8. The normalized spacial score (nSPS) is 34.1. The smallest absolute Gasteiger partial charge is 0.493 e. The van der Waals surface area contributed by atoms with Gasteiger partial charge in [0.2, 0.25) is 12.5 Å². The van der Waals surface area contributed by atoms with Crippen LogP contribution in [0.2, 0.25) is 0 Å². The first-order valence-corrected chi connectivity index (χ1v) is 16.3. The Kier molecular flexibility index (Phi) is 8.49. The maximum absolute atomic E-state index is 13.5. The summed E-state index contributed by atoms with van der Waals surface area (Å²) in [7, 11) is -2.42. The van der Waals surface area contributed by atoms with Gasteiger partial charge in [0.25, 0.3) is 0 Å². The van der Waals surface area contributed by atoms with E-state index >= 15 is 0 Å². The van der Waals surface area contributed by atoms with E-state index in [2.05, 4.69) is 0 Å². The highest BCUT2D eigenvalue weighted by atomic mass is 31.2. The zero-order valence-electron chi connectivity index (χ0n) is 25.1. The highest BCUT2D eigenvalue weighted by Gasteiger charge is 2.56. The van der Waals surface area contributed by atoms with Crippen molar-refractivity contribution in [1.82, 2.24) is 0 Å². The first kappa shape index (κ1) is 32.3. The fourth-order valence-electron chi connectivity index (χ4n) is 6.98. The second kappa shape index (κ2) is 12.3. The van der Waals surface area contributed by atoms with Gasteiger partial charge in [-0.1, -0.05) is 0 Å². The Hall–Kier alpha value is -3.22. The molecule has 3 saturated heterocycles. The molecule has 0 aromatic heterocycles. The van der Waals surface area contributed by atoms with E-state index in [0.29, 0.717) is 28.2 Å². The lowest BCUT2D eigenvalue weighted by Gasteiger charge is -2.48. The molecule has 0 radical (unpaired) electrons. The molecule has 10 atom stereocenters. The van der Waals surface area contributed by atoms with Gasteiger partial charge in [0.1, 0.15) is 24.4 Å². The lowest BCUT2D eigenvalue weighted by atomic mass is 9.66. The number of phosphoric acid groups is 1. The molecule has 3 fully saturated rings. The molecule has 17 nitrogen and oxygen atoms in total. The fourth-order valence-corrected chi connectivity index (χ4v) is 7.40. The Morgan fingerprint density at radius 1 is 0.936 bits per heavy atom. The number of carbonyl (C=O) groups excluding carboxylic acids is 1. The van der Waals surface area contributed by atoms with Crippen LogP contribution in [0.4, 0.5) is 0 Å². The molecule has 0 bridgehead atoms. The Morgan fingerprint density at radius 2 is 1.62 bits per heavy atom. The van der Waals surface area contributed by atoms with Crippen LogP contribution >= 0.6 is 7.82 Å². The van der Waals surface area contributed by atoms with Crippen LogP contribution in [-0.4, -0.2) is 104 Å². The van der Waals surface area contributed by atoms with Crippen LogP contribution in [0.15, 0.2) is 24.3 Å². The molecule has 0 amide bonds. The van der Waals surface area contributed by atoms with Crippen LogP contribution in [0.5, 0.6) is 28.7 Å². The SMILES string of the molecule is COc1cc(C2c3cc4c(cc3[C@@H](OC3OC5COC(CN)OC5C(O)C3O)[C@H]3COC(=O)[C@H]23)OCO4)cc(OC)c1OP(=O)(O)O. The number of aliphatic hydroxyl groups excluding tert-OH is 2. The molecule has 18 heteroatoms. The second-order valence-electron chi connectivity index (χ2n) is 11.6. The molecular formula is C29H34NO16P. The van der Waals surface area contributed by atoms with Crippen molar-refractivity contribution < 1.29 is 76.5 Å². The summed E-state index contributed by atoms with van der Waals surface area (Å²) in [4.78, 5) is 32.5. The van der Waals surface area contributed by atoms with Crippen LogP contribution in [0.3, 0.4) is 0 Å². The van der Waals surface area contributed by atoms with Gasteiger partial charge in [0.05, 0.1) is 39.5 Å². The van der Waals surface area contributed by atoms with E-state index in [4.69, 9.17) is 52.9 Å². The van der Waals surface area contributed by atoms with Crippen molar-refractivity contribution in [1.29, 1.82) is 0 Å². The number of aliphatic hydroxyl groups is 2. The molecule has 7 rings (SSSR count).